The number of nitrogens with zero attached hydrogens (tertiary/aromatic N) is 3. The van der Waals surface area contributed by atoms with Gasteiger partial charge >= 0.3 is 0 Å². The number of furan rings is 1. The number of carbonyl (C=O) groups excluding carboxylic acids is 2. The molecule has 7 nitrogen and oxygen atoms in total. The predicted octanol–water partition coefficient (Wildman–Crippen LogP) is 3.44. The molecule has 0 unspecified atom stereocenters. The van der Waals surface area contributed by atoms with Gasteiger partial charge in [0.15, 0.2) is 0 Å². The molecule has 0 atom stereocenters. The Balaban J connectivity index is 1.45. The van der Waals surface area contributed by atoms with Gasteiger partial charge in [0.2, 0.25) is 5.91 Å². The van der Waals surface area contributed by atoms with E-state index in [1.165, 1.54) is 16.2 Å². The number of fused-ring (bicyclic) bond motifs is 1. The minimum absolute atomic E-state index is 0.0249. The standard InChI is InChI=1S/C22H22N4O3S/c1-15-18-11-19(30-22(18)26(24-15)13-16-7-4-3-5-8-16)21(28)25(2)14-20(27)23-12-17-9-6-10-29-17/h3-11H,12-14H2,1-2H3,(H,23,27). The van der Waals surface area contributed by atoms with Crippen LogP contribution in [0.25, 0.3) is 10.2 Å². The molecule has 2 amide bonds. The normalized spacial score (nSPS) is 11.0. The number of thiophene rings is 1. The van der Waals surface area contributed by atoms with Gasteiger partial charge in [-0.3, -0.25) is 14.3 Å². The Hall–Kier alpha value is -3.39. The van der Waals surface area contributed by atoms with E-state index in [1.807, 2.05) is 35.9 Å². The number of amides is 2. The topological polar surface area (TPSA) is 80.4 Å². The van der Waals surface area contributed by atoms with Crippen molar-refractivity contribution >= 4 is 33.4 Å². The molecule has 0 spiro atoms. The summed E-state index contributed by atoms with van der Waals surface area (Å²) in [5, 5.41) is 8.34. The van der Waals surface area contributed by atoms with Crippen LogP contribution in [0.2, 0.25) is 0 Å². The molecule has 0 bridgehead atoms. The second kappa shape index (κ2) is 8.54. The molecule has 0 radical (unpaired) electrons. The summed E-state index contributed by atoms with van der Waals surface area (Å²) in [7, 11) is 1.63. The molecule has 1 N–H and O–H groups in total. The average molecular weight is 423 g/mol. The monoisotopic (exact) mass is 422 g/mol. The number of benzene rings is 1. The van der Waals surface area contributed by atoms with Crippen LogP contribution in [0.1, 0.15) is 26.7 Å². The van der Waals surface area contributed by atoms with E-state index in [-0.39, 0.29) is 18.4 Å². The van der Waals surface area contributed by atoms with E-state index in [4.69, 9.17) is 4.42 Å². The average Bonchev–Trinajstić information content (AvgIpc) is 3.46. The molecule has 0 aliphatic carbocycles. The van der Waals surface area contributed by atoms with Gasteiger partial charge < -0.3 is 14.6 Å². The van der Waals surface area contributed by atoms with E-state index in [0.29, 0.717) is 23.7 Å². The van der Waals surface area contributed by atoms with Gasteiger partial charge in [-0.2, -0.15) is 5.10 Å². The first kappa shape index (κ1) is 19.9. The number of hydrogen-bond donors (Lipinski definition) is 1. The van der Waals surface area contributed by atoms with Crippen molar-refractivity contribution in [1.82, 2.24) is 20.0 Å². The van der Waals surface area contributed by atoms with Crippen LogP contribution in [0.15, 0.2) is 59.2 Å². The lowest BCUT2D eigenvalue weighted by atomic mass is 10.2. The number of hydrogen-bond acceptors (Lipinski definition) is 5. The van der Waals surface area contributed by atoms with Gasteiger partial charge in [0, 0.05) is 12.4 Å². The van der Waals surface area contributed by atoms with Gasteiger partial charge in [-0.05, 0) is 30.7 Å². The molecule has 3 aromatic heterocycles. The van der Waals surface area contributed by atoms with Gasteiger partial charge in [0.05, 0.1) is 36.5 Å². The molecule has 30 heavy (non-hydrogen) atoms. The van der Waals surface area contributed by atoms with Crippen LogP contribution in [0.5, 0.6) is 0 Å². The highest BCUT2D eigenvalue weighted by Gasteiger charge is 2.20. The quantitative estimate of drug-likeness (QED) is 0.495. The fraction of sp³-hybridized carbons (Fsp3) is 0.227. The molecular weight excluding hydrogens is 400 g/mol. The number of carbonyl (C=O) groups is 2. The van der Waals surface area contributed by atoms with Gasteiger partial charge in [0.1, 0.15) is 10.6 Å². The first-order valence-electron chi connectivity index (χ1n) is 9.56. The Morgan fingerprint density at radius 1 is 1.20 bits per heavy atom. The molecule has 0 aliphatic heterocycles. The highest BCUT2D eigenvalue weighted by molar-refractivity contribution is 7.20. The van der Waals surface area contributed by atoms with Crippen LogP contribution < -0.4 is 5.32 Å². The van der Waals surface area contributed by atoms with Crippen molar-refractivity contribution in [1.29, 1.82) is 0 Å². The Bertz CT molecular complexity index is 1160. The molecule has 0 fully saturated rings. The Morgan fingerprint density at radius 2 is 2.00 bits per heavy atom. The van der Waals surface area contributed by atoms with Crippen LogP contribution in [0, 0.1) is 6.92 Å². The summed E-state index contributed by atoms with van der Waals surface area (Å²) in [5.41, 5.74) is 2.03. The van der Waals surface area contributed by atoms with Crippen molar-refractivity contribution in [3.05, 3.63) is 76.7 Å². The summed E-state index contributed by atoms with van der Waals surface area (Å²) < 4.78 is 7.12. The van der Waals surface area contributed by atoms with E-state index >= 15 is 0 Å². The highest BCUT2D eigenvalue weighted by atomic mass is 32.1. The van der Waals surface area contributed by atoms with E-state index < -0.39 is 0 Å². The third-order valence-electron chi connectivity index (χ3n) is 4.76. The second-order valence-electron chi connectivity index (χ2n) is 7.08. The van der Waals surface area contributed by atoms with Gasteiger partial charge in [-0.25, -0.2) is 0 Å². The van der Waals surface area contributed by atoms with Crippen molar-refractivity contribution in [3.8, 4) is 0 Å². The van der Waals surface area contributed by atoms with E-state index in [2.05, 4.69) is 22.5 Å². The Kier molecular flexibility index (Phi) is 5.67. The van der Waals surface area contributed by atoms with Crippen LogP contribution in [-0.2, 0) is 17.9 Å². The zero-order chi connectivity index (χ0) is 21.1. The fourth-order valence-electron chi connectivity index (χ4n) is 3.21. The van der Waals surface area contributed by atoms with E-state index in [1.54, 1.807) is 25.4 Å². The first-order valence-corrected chi connectivity index (χ1v) is 10.4. The number of aromatic nitrogens is 2. The predicted molar refractivity (Wildman–Crippen MR) is 115 cm³/mol. The molecule has 8 heteroatoms. The largest absolute Gasteiger partial charge is 0.467 e. The molecule has 4 rings (SSSR count). The Labute approximate surface area is 177 Å². The van der Waals surface area contributed by atoms with Crippen molar-refractivity contribution < 1.29 is 14.0 Å². The lowest BCUT2D eigenvalue weighted by molar-refractivity contribution is -0.121. The number of likely N-dealkylation sites (N-methyl/N-ethyl adjacent to an activating group) is 1. The van der Waals surface area contributed by atoms with E-state index in [0.717, 1.165) is 21.5 Å². The zero-order valence-electron chi connectivity index (χ0n) is 16.8. The summed E-state index contributed by atoms with van der Waals surface area (Å²) in [6.45, 7) is 2.86. The first-order chi connectivity index (χ1) is 14.5. The minimum Gasteiger partial charge on any atom is -0.467 e. The third-order valence-corrected chi connectivity index (χ3v) is 5.90. The minimum atomic E-state index is -0.241. The van der Waals surface area contributed by atoms with Crippen molar-refractivity contribution in [2.24, 2.45) is 0 Å². The summed E-state index contributed by atoms with van der Waals surface area (Å²) in [5.74, 6) is 0.241. The fourth-order valence-corrected chi connectivity index (χ4v) is 4.37. The van der Waals surface area contributed by atoms with Crippen LogP contribution in [-0.4, -0.2) is 40.1 Å². The van der Waals surface area contributed by atoms with Crippen LogP contribution >= 0.6 is 11.3 Å². The highest BCUT2D eigenvalue weighted by Crippen LogP contribution is 2.29. The van der Waals surface area contributed by atoms with E-state index in [9.17, 15) is 9.59 Å². The lowest BCUT2D eigenvalue weighted by Gasteiger charge is -2.15. The van der Waals surface area contributed by atoms with Gasteiger partial charge in [-0.15, -0.1) is 11.3 Å². The molecule has 1 aromatic carbocycles. The molecule has 0 saturated carbocycles. The van der Waals surface area contributed by atoms with Crippen LogP contribution in [0.3, 0.4) is 0 Å². The lowest BCUT2D eigenvalue weighted by Crippen LogP contribution is -2.37. The molecule has 4 aromatic rings. The summed E-state index contributed by atoms with van der Waals surface area (Å²) in [6, 6.07) is 15.5. The third kappa shape index (κ3) is 4.28. The Morgan fingerprint density at radius 3 is 2.73 bits per heavy atom. The molecule has 154 valence electrons. The summed E-state index contributed by atoms with van der Waals surface area (Å²) in [4.78, 5) is 28.0. The van der Waals surface area contributed by atoms with Gasteiger partial charge in [0.25, 0.3) is 5.91 Å². The molecule has 0 aliphatic rings. The van der Waals surface area contributed by atoms with Crippen molar-refractivity contribution in [2.45, 2.75) is 20.0 Å². The molecule has 0 saturated heterocycles. The van der Waals surface area contributed by atoms with Crippen molar-refractivity contribution in [2.75, 3.05) is 13.6 Å². The maximum absolute atomic E-state index is 12.9. The maximum atomic E-state index is 12.9. The van der Waals surface area contributed by atoms with Crippen molar-refractivity contribution in [3.63, 3.8) is 0 Å². The molecule has 3 heterocycles. The SMILES string of the molecule is Cc1nn(Cc2ccccc2)c2sc(C(=O)N(C)CC(=O)NCc3ccco3)cc12. The number of rotatable bonds is 7. The summed E-state index contributed by atoms with van der Waals surface area (Å²) in [6.07, 6.45) is 1.56. The molecular formula is C22H22N4O3S. The number of aryl methyl sites for hydroxylation is 1. The smallest absolute Gasteiger partial charge is 0.264 e. The number of nitrogens with one attached hydrogen (secondary N) is 1. The second-order valence-corrected chi connectivity index (χ2v) is 8.11. The maximum Gasteiger partial charge on any atom is 0.264 e. The van der Waals surface area contributed by atoms with Gasteiger partial charge in [-0.1, -0.05) is 30.3 Å². The van der Waals surface area contributed by atoms with Crippen LogP contribution in [0.4, 0.5) is 0 Å². The summed E-state index contributed by atoms with van der Waals surface area (Å²) >= 11 is 1.40. The zero-order valence-corrected chi connectivity index (χ0v) is 17.6.